The van der Waals surface area contributed by atoms with Gasteiger partial charge in [0.2, 0.25) is 10.7 Å². The van der Waals surface area contributed by atoms with Gasteiger partial charge in [-0.3, -0.25) is 9.47 Å². The number of halogens is 2. The minimum atomic E-state index is -0.317. The zero-order valence-electron chi connectivity index (χ0n) is 17.6. The average molecular weight is 462 g/mol. The van der Waals surface area contributed by atoms with Crippen LogP contribution in [-0.4, -0.2) is 52.6 Å². The summed E-state index contributed by atoms with van der Waals surface area (Å²) in [4.78, 5) is 4.13. The first-order valence-corrected chi connectivity index (χ1v) is 10.9. The van der Waals surface area contributed by atoms with E-state index in [4.69, 9.17) is 33.7 Å². The van der Waals surface area contributed by atoms with Gasteiger partial charge in [0.1, 0.15) is 5.82 Å². The number of hydrogen-bond acceptors (Lipinski definition) is 5. The standard InChI is InChI=1S/C22H25ClFN5OS/c1-16-6-3-4-9-20(16)29-21(27-10-12-30-13-11-27)25-28(22(29)31)15-26(2)14-17-18(23)7-5-8-19(17)24/h3-9H,10-15H2,1-2H3. The number of aryl methyl sites for hydroxylation is 1. The fourth-order valence-corrected chi connectivity index (χ4v) is 4.21. The maximum Gasteiger partial charge on any atom is 0.230 e. The summed E-state index contributed by atoms with van der Waals surface area (Å²) in [7, 11) is 1.89. The molecule has 6 nitrogen and oxygen atoms in total. The molecule has 1 aromatic heterocycles. The van der Waals surface area contributed by atoms with Crippen molar-refractivity contribution in [1.29, 1.82) is 0 Å². The monoisotopic (exact) mass is 461 g/mol. The molecule has 9 heteroatoms. The highest BCUT2D eigenvalue weighted by molar-refractivity contribution is 7.71. The van der Waals surface area contributed by atoms with Crippen LogP contribution < -0.4 is 4.90 Å². The number of nitrogens with zero attached hydrogens (tertiary/aromatic N) is 5. The van der Waals surface area contributed by atoms with Crippen LogP contribution in [0.1, 0.15) is 11.1 Å². The van der Waals surface area contributed by atoms with Crippen LogP contribution in [0, 0.1) is 17.5 Å². The van der Waals surface area contributed by atoms with Crippen molar-refractivity contribution in [2.24, 2.45) is 0 Å². The maximum atomic E-state index is 14.2. The molecule has 0 amide bonds. The number of aromatic nitrogens is 3. The van der Waals surface area contributed by atoms with E-state index in [0.717, 1.165) is 30.3 Å². The lowest BCUT2D eigenvalue weighted by atomic mass is 10.2. The van der Waals surface area contributed by atoms with Crippen molar-refractivity contribution >= 4 is 29.8 Å². The highest BCUT2D eigenvalue weighted by Crippen LogP contribution is 2.24. The lowest BCUT2D eigenvalue weighted by Gasteiger charge is -2.27. The van der Waals surface area contributed by atoms with Crippen molar-refractivity contribution in [3.8, 4) is 5.69 Å². The second-order valence-corrected chi connectivity index (χ2v) is 8.43. The Bertz CT molecular complexity index is 1110. The van der Waals surface area contributed by atoms with Gasteiger partial charge in [-0.1, -0.05) is 35.9 Å². The molecule has 1 aliphatic rings. The van der Waals surface area contributed by atoms with Gasteiger partial charge in [0.05, 0.1) is 25.6 Å². The molecule has 2 aromatic carbocycles. The van der Waals surface area contributed by atoms with Gasteiger partial charge in [-0.25, -0.2) is 9.07 Å². The Morgan fingerprint density at radius 2 is 1.90 bits per heavy atom. The van der Waals surface area contributed by atoms with Crippen LogP contribution in [0.4, 0.5) is 10.3 Å². The Kier molecular flexibility index (Phi) is 6.71. The minimum absolute atomic E-state index is 0.317. The van der Waals surface area contributed by atoms with Gasteiger partial charge < -0.3 is 9.64 Å². The smallest absolute Gasteiger partial charge is 0.230 e. The summed E-state index contributed by atoms with van der Waals surface area (Å²) in [6.07, 6.45) is 0. The van der Waals surface area contributed by atoms with E-state index in [2.05, 4.69) is 17.9 Å². The molecule has 0 N–H and O–H groups in total. The molecule has 1 saturated heterocycles. The van der Waals surface area contributed by atoms with Crippen molar-refractivity contribution in [3.05, 3.63) is 69.2 Å². The molecule has 0 radical (unpaired) electrons. The van der Waals surface area contributed by atoms with Gasteiger partial charge in [0.15, 0.2) is 0 Å². The third-order valence-electron chi connectivity index (χ3n) is 5.34. The van der Waals surface area contributed by atoms with Gasteiger partial charge in [0, 0.05) is 30.2 Å². The molecule has 1 aliphatic heterocycles. The second kappa shape index (κ2) is 9.48. The molecule has 0 spiro atoms. The zero-order valence-corrected chi connectivity index (χ0v) is 19.2. The van der Waals surface area contributed by atoms with Crippen LogP contribution in [0.3, 0.4) is 0 Å². The third kappa shape index (κ3) is 4.67. The zero-order chi connectivity index (χ0) is 22.0. The summed E-state index contributed by atoms with van der Waals surface area (Å²) in [6, 6.07) is 12.8. The number of ether oxygens (including phenoxy) is 1. The molecule has 4 rings (SSSR count). The lowest BCUT2D eigenvalue weighted by molar-refractivity contribution is 0.121. The van der Waals surface area contributed by atoms with E-state index in [1.165, 1.54) is 6.07 Å². The molecule has 0 unspecified atom stereocenters. The molecule has 2 heterocycles. The SMILES string of the molecule is Cc1ccccc1-n1c(N2CCOCC2)nn(CN(C)Cc2c(F)cccc2Cl)c1=S. The largest absolute Gasteiger partial charge is 0.378 e. The summed E-state index contributed by atoms with van der Waals surface area (Å²) >= 11 is 12.0. The van der Waals surface area contributed by atoms with Crippen LogP contribution in [0.15, 0.2) is 42.5 Å². The van der Waals surface area contributed by atoms with E-state index >= 15 is 0 Å². The first-order chi connectivity index (χ1) is 15.0. The van der Waals surface area contributed by atoms with Crippen molar-refractivity contribution in [3.63, 3.8) is 0 Å². The highest BCUT2D eigenvalue weighted by Gasteiger charge is 2.22. The molecule has 0 aliphatic carbocycles. The van der Waals surface area contributed by atoms with Crippen LogP contribution >= 0.6 is 23.8 Å². The van der Waals surface area contributed by atoms with Crippen LogP contribution in [-0.2, 0) is 18.0 Å². The van der Waals surface area contributed by atoms with Crippen molar-refractivity contribution < 1.29 is 9.13 Å². The summed E-state index contributed by atoms with van der Waals surface area (Å²) in [5.74, 6) is 0.474. The van der Waals surface area contributed by atoms with Crippen molar-refractivity contribution in [2.45, 2.75) is 20.1 Å². The normalized spacial score (nSPS) is 14.4. The Labute approximate surface area is 191 Å². The van der Waals surface area contributed by atoms with Crippen LogP contribution in [0.5, 0.6) is 0 Å². The molecule has 0 atom stereocenters. The van der Waals surface area contributed by atoms with E-state index in [9.17, 15) is 4.39 Å². The molecular weight excluding hydrogens is 437 g/mol. The van der Waals surface area contributed by atoms with Gasteiger partial charge >= 0.3 is 0 Å². The summed E-state index contributed by atoms with van der Waals surface area (Å²) in [5, 5.41) is 5.27. The number of anilines is 1. The number of hydrogen-bond donors (Lipinski definition) is 0. The molecular formula is C22H25ClFN5OS. The Balaban J connectivity index is 1.68. The predicted octanol–water partition coefficient (Wildman–Crippen LogP) is 4.43. The van der Waals surface area contributed by atoms with E-state index in [1.807, 2.05) is 34.7 Å². The van der Waals surface area contributed by atoms with E-state index < -0.39 is 0 Å². The molecule has 1 fully saturated rings. The molecule has 164 valence electrons. The molecule has 31 heavy (non-hydrogen) atoms. The molecule has 3 aromatic rings. The van der Waals surface area contributed by atoms with E-state index in [0.29, 0.717) is 41.8 Å². The fourth-order valence-electron chi connectivity index (χ4n) is 3.71. The number of rotatable bonds is 6. The third-order valence-corrected chi connectivity index (χ3v) is 6.09. The van der Waals surface area contributed by atoms with Gasteiger partial charge in [0.25, 0.3) is 0 Å². The fraction of sp³-hybridized carbons (Fsp3) is 0.364. The number of benzene rings is 2. The van der Waals surface area contributed by atoms with Crippen LogP contribution in [0.2, 0.25) is 5.02 Å². The van der Waals surface area contributed by atoms with E-state index in [-0.39, 0.29) is 5.82 Å². The highest BCUT2D eigenvalue weighted by atomic mass is 35.5. The van der Waals surface area contributed by atoms with E-state index in [1.54, 1.807) is 16.8 Å². The first-order valence-electron chi connectivity index (χ1n) is 10.2. The number of para-hydroxylation sites is 1. The Morgan fingerprint density at radius 3 is 2.61 bits per heavy atom. The second-order valence-electron chi connectivity index (χ2n) is 7.66. The van der Waals surface area contributed by atoms with Gasteiger partial charge in [-0.05, 0) is 50.0 Å². The maximum absolute atomic E-state index is 14.2. The van der Waals surface area contributed by atoms with Crippen molar-refractivity contribution in [1.82, 2.24) is 19.2 Å². The topological polar surface area (TPSA) is 38.5 Å². The predicted molar refractivity (Wildman–Crippen MR) is 123 cm³/mol. The van der Waals surface area contributed by atoms with Gasteiger partial charge in [-0.15, -0.1) is 5.10 Å². The van der Waals surface area contributed by atoms with Gasteiger partial charge in [-0.2, -0.15) is 0 Å². The number of morpholine rings is 1. The minimum Gasteiger partial charge on any atom is -0.378 e. The summed E-state index contributed by atoms with van der Waals surface area (Å²) in [6.45, 7) is 5.61. The molecule has 0 saturated carbocycles. The first kappa shape index (κ1) is 22.0. The Hall–Kier alpha value is -2.26. The van der Waals surface area contributed by atoms with Crippen LogP contribution in [0.25, 0.3) is 5.69 Å². The summed E-state index contributed by atoms with van der Waals surface area (Å²) < 4.78 is 24.1. The Morgan fingerprint density at radius 1 is 1.16 bits per heavy atom. The average Bonchev–Trinajstić information content (AvgIpc) is 3.08. The lowest BCUT2D eigenvalue weighted by Crippen LogP contribution is -2.38. The quantitative estimate of drug-likeness (QED) is 0.508. The summed E-state index contributed by atoms with van der Waals surface area (Å²) in [5.41, 5.74) is 2.57. The van der Waals surface area contributed by atoms with Crippen molar-refractivity contribution in [2.75, 3.05) is 38.3 Å². The molecule has 0 bridgehead atoms.